The van der Waals surface area contributed by atoms with E-state index in [1.807, 2.05) is 24.3 Å². The summed E-state index contributed by atoms with van der Waals surface area (Å²) in [4.78, 5) is 16.6. The zero-order valence-corrected chi connectivity index (χ0v) is 14.8. The first-order chi connectivity index (χ1) is 13.7. The lowest BCUT2D eigenvalue weighted by atomic mass is 10.2. The van der Waals surface area contributed by atoms with E-state index >= 15 is 0 Å². The standard InChI is InChI=1S/C21H16N4O3/c22-9-14-1-4-17(5-2-14)25-21(26)16-8-18(12-23-11-16)24-10-15-3-6-19-20(7-15)28-13-27-19/h1-8,11-12,24H,10,13H2,(H,25,26). The molecule has 2 heterocycles. The molecule has 1 aromatic heterocycles. The molecule has 138 valence electrons. The number of anilines is 2. The third kappa shape index (κ3) is 3.86. The van der Waals surface area contributed by atoms with Gasteiger partial charge < -0.3 is 20.1 Å². The summed E-state index contributed by atoms with van der Waals surface area (Å²) in [6.07, 6.45) is 3.16. The van der Waals surface area contributed by atoms with Crippen LogP contribution in [-0.2, 0) is 6.54 Å². The molecule has 1 aliphatic heterocycles. The fourth-order valence-electron chi connectivity index (χ4n) is 2.75. The van der Waals surface area contributed by atoms with Crippen LogP contribution >= 0.6 is 0 Å². The Morgan fingerprint density at radius 2 is 1.86 bits per heavy atom. The van der Waals surface area contributed by atoms with Crippen LogP contribution in [-0.4, -0.2) is 17.7 Å². The summed E-state index contributed by atoms with van der Waals surface area (Å²) < 4.78 is 10.7. The molecule has 28 heavy (non-hydrogen) atoms. The van der Waals surface area contributed by atoms with Crippen molar-refractivity contribution in [1.29, 1.82) is 5.26 Å². The van der Waals surface area contributed by atoms with Gasteiger partial charge in [-0.05, 0) is 48.0 Å². The van der Waals surface area contributed by atoms with Crippen molar-refractivity contribution < 1.29 is 14.3 Å². The Morgan fingerprint density at radius 1 is 1.04 bits per heavy atom. The number of nitriles is 1. The number of carbonyl (C=O) groups excluding carboxylic acids is 1. The Bertz CT molecular complexity index is 1060. The molecule has 0 saturated heterocycles. The zero-order chi connectivity index (χ0) is 19.3. The summed E-state index contributed by atoms with van der Waals surface area (Å²) in [5, 5.41) is 14.9. The molecule has 2 N–H and O–H groups in total. The highest BCUT2D eigenvalue weighted by molar-refractivity contribution is 6.04. The maximum absolute atomic E-state index is 12.4. The molecular formula is C21H16N4O3. The molecule has 0 bridgehead atoms. The number of amides is 1. The lowest BCUT2D eigenvalue weighted by molar-refractivity contribution is 0.102. The van der Waals surface area contributed by atoms with E-state index < -0.39 is 0 Å². The number of pyridine rings is 1. The molecule has 2 aromatic carbocycles. The van der Waals surface area contributed by atoms with Gasteiger partial charge in [0, 0.05) is 24.6 Å². The van der Waals surface area contributed by atoms with Crippen LogP contribution in [0, 0.1) is 11.3 Å². The number of benzene rings is 2. The number of nitrogens with zero attached hydrogens (tertiary/aromatic N) is 2. The smallest absolute Gasteiger partial charge is 0.257 e. The van der Waals surface area contributed by atoms with Crippen LogP contribution in [0.2, 0.25) is 0 Å². The lowest BCUT2D eigenvalue weighted by Crippen LogP contribution is -2.12. The van der Waals surface area contributed by atoms with Crippen LogP contribution in [0.3, 0.4) is 0 Å². The molecule has 0 fully saturated rings. The minimum Gasteiger partial charge on any atom is -0.454 e. The van der Waals surface area contributed by atoms with Crippen molar-refractivity contribution in [1.82, 2.24) is 4.98 Å². The monoisotopic (exact) mass is 372 g/mol. The van der Waals surface area contributed by atoms with Crippen LogP contribution in [0.4, 0.5) is 11.4 Å². The van der Waals surface area contributed by atoms with Crippen LogP contribution in [0.5, 0.6) is 11.5 Å². The molecule has 4 rings (SSSR count). The van der Waals surface area contributed by atoms with Crippen LogP contribution in [0.15, 0.2) is 60.9 Å². The van der Waals surface area contributed by atoms with Crippen molar-refractivity contribution in [2.45, 2.75) is 6.54 Å². The summed E-state index contributed by atoms with van der Waals surface area (Å²) >= 11 is 0. The van der Waals surface area contributed by atoms with Gasteiger partial charge in [0.15, 0.2) is 11.5 Å². The van der Waals surface area contributed by atoms with Gasteiger partial charge in [0.2, 0.25) is 6.79 Å². The molecule has 0 unspecified atom stereocenters. The molecule has 0 aliphatic carbocycles. The number of nitrogens with one attached hydrogen (secondary N) is 2. The minimum atomic E-state index is -0.274. The number of hydrogen-bond donors (Lipinski definition) is 2. The van der Waals surface area contributed by atoms with Gasteiger partial charge in [-0.1, -0.05) is 6.07 Å². The average molecular weight is 372 g/mol. The molecular weight excluding hydrogens is 356 g/mol. The van der Waals surface area contributed by atoms with E-state index in [9.17, 15) is 4.79 Å². The molecule has 0 saturated carbocycles. The van der Waals surface area contributed by atoms with Gasteiger partial charge >= 0.3 is 0 Å². The predicted molar refractivity (Wildman–Crippen MR) is 103 cm³/mol. The fraction of sp³-hybridized carbons (Fsp3) is 0.0952. The van der Waals surface area contributed by atoms with Gasteiger partial charge in [-0.2, -0.15) is 5.26 Å². The highest BCUT2D eigenvalue weighted by atomic mass is 16.7. The molecule has 1 aliphatic rings. The number of carbonyl (C=O) groups is 1. The van der Waals surface area contributed by atoms with Gasteiger partial charge in [-0.3, -0.25) is 9.78 Å². The second kappa shape index (κ2) is 7.68. The first-order valence-corrected chi connectivity index (χ1v) is 8.60. The largest absolute Gasteiger partial charge is 0.454 e. The maximum Gasteiger partial charge on any atom is 0.257 e. The van der Waals surface area contributed by atoms with E-state index in [-0.39, 0.29) is 12.7 Å². The second-order valence-corrected chi connectivity index (χ2v) is 6.15. The highest BCUT2D eigenvalue weighted by Gasteiger charge is 2.13. The van der Waals surface area contributed by atoms with E-state index in [2.05, 4.69) is 15.6 Å². The van der Waals surface area contributed by atoms with Gasteiger partial charge in [0.1, 0.15) is 0 Å². The molecule has 7 heteroatoms. The Hall–Kier alpha value is -4.05. The van der Waals surface area contributed by atoms with Gasteiger partial charge in [0.25, 0.3) is 5.91 Å². The van der Waals surface area contributed by atoms with Crippen molar-refractivity contribution in [3.63, 3.8) is 0 Å². The molecule has 7 nitrogen and oxygen atoms in total. The molecule has 1 amide bonds. The van der Waals surface area contributed by atoms with Crippen molar-refractivity contribution in [3.8, 4) is 17.6 Å². The quantitative estimate of drug-likeness (QED) is 0.711. The van der Waals surface area contributed by atoms with Crippen molar-refractivity contribution in [2.75, 3.05) is 17.4 Å². The number of aromatic nitrogens is 1. The summed E-state index contributed by atoms with van der Waals surface area (Å²) in [5.74, 6) is 1.20. The SMILES string of the molecule is N#Cc1ccc(NC(=O)c2cncc(NCc3ccc4c(c3)OCO4)c2)cc1. The third-order valence-electron chi connectivity index (χ3n) is 4.21. The Balaban J connectivity index is 1.40. The van der Waals surface area contributed by atoms with Crippen molar-refractivity contribution in [3.05, 3.63) is 77.6 Å². The van der Waals surface area contributed by atoms with Crippen LogP contribution in [0.1, 0.15) is 21.5 Å². The summed E-state index contributed by atoms with van der Waals surface area (Å²) in [7, 11) is 0. The zero-order valence-electron chi connectivity index (χ0n) is 14.8. The molecule has 0 spiro atoms. The normalized spacial score (nSPS) is 11.5. The third-order valence-corrected chi connectivity index (χ3v) is 4.21. The van der Waals surface area contributed by atoms with Gasteiger partial charge in [-0.15, -0.1) is 0 Å². The first kappa shape index (κ1) is 17.4. The lowest BCUT2D eigenvalue weighted by Gasteiger charge is -2.09. The van der Waals surface area contributed by atoms with Crippen molar-refractivity contribution in [2.24, 2.45) is 0 Å². The fourth-order valence-corrected chi connectivity index (χ4v) is 2.75. The summed E-state index contributed by atoms with van der Waals surface area (Å²) in [6.45, 7) is 0.797. The molecule has 3 aromatic rings. The first-order valence-electron chi connectivity index (χ1n) is 8.60. The van der Waals surface area contributed by atoms with Gasteiger partial charge in [-0.25, -0.2) is 0 Å². The van der Waals surface area contributed by atoms with E-state index in [1.165, 1.54) is 6.20 Å². The molecule has 0 radical (unpaired) electrons. The number of hydrogen-bond acceptors (Lipinski definition) is 6. The topological polar surface area (TPSA) is 96.3 Å². The van der Waals surface area contributed by atoms with E-state index in [0.717, 1.165) is 22.7 Å². The number of fused-ring (bicyclic) bond motifs is 1. The number of rotatable bonds is 5. The maximum atomic E-state index is 12.4. The van der Waals surface area contributed by atoms with Crippen LogP contribution in [0.25, 0.3) is 0 Å². The number of ether oxygens (including phenoxy) is 2. The van der Waals surface area contributed by atoms with Gasteiger partial charge in [0.05, 0.1) is 22.9 Å². The Kier molecular flexibility index (Phi) is 4.76. The average Bonchev–Trinajstić information content (AvgIpc) is 3.21. The Morgan fingerprint density at radius 3 is 2.68 bits per heavy atom. The molecule has 0 atom stereocenters. The van der Waals surface area contributed by atoms with Crippen molar-refractivity contribution >= 4 is 17.3 Å². The summed E-state index contributed by atoms with van der Waals surface area (Å²) in [5.41, 5.74) is 3.33. The van der Waals surface area contributed by atoms with E-state index in [4.69, 9.17) is 14.7 Å². The minimum absolute atomic E-state index is 0.243. The highest BCUT2D eigenvalue weighted by Crippen LogP contribution is 2.32. The Labute approximate surface area is 161 Å². The van der Waals surface area contributed by atoms with E-state index in [1.54, 1.807) is 36.5 Å². The predicted octanol–water partition coefficient (Wildman–Crippen LogP) is 3.55. The summed E-state index contributed by atoms with van der Waals surface area (Å²) in [6, 6.07) is 16.2. The van der Waals surface area contributed by atoms with E-state index in [0.29, 0.717) is 23.4 Å². The second-order valence-electron chi connectivity index (χ2n) is 6.15. The van der Waals surface area contributed by atoms with Crippen LogP contribution < -0.4 is 20.1 Å².